The van der Waals surface area contributed by atoms with Crippen LogP contribution in [-0.2, 0) is 14.3 Å². The molecule has 0 aliphatic heterocycles. The van der Waals surface area contributed by atoms with Crippen molar-refractivity contribution in [2.75, 3.05) is 20.2 Å². The van der Waals surface area contributed by atoms with Crippen LogP contribution in [0.3, 0.4) is 0 Å². The number of carboxylic acids is 1. The predicted molar refractivity (Wildman–Crippen MR) is 78.0 cm³/mol. The molecule has 0 spiro atoms. The van der Waals surface area contributed by atoms with E-state index in [0.29, 0.717) is 12.3 Å². The standard InChI is InChI=1S/C15H26N2O4/c1-3-13(21-2)15(20)16-11-6-12(7-11)17(9-14(18)19)8-10-4-5-10/h10-13H,3-9H2,1-2H3,(H,16,20)(H,18,19). The summed E-state index contributed by atoms with van der Waals surface area (Å²) >= 11 is 0. The number of carbonyl (C=O) groups is 2. The highest BCUT2D eigenvalue weighted by Crippen LogP contribution is 2.33. The Morgan fingerprint density at radius 3 is 2.52 bits per heavy atom. The van der Waals surface area contributed by atoms with Crippen molar-refractivity contribution in [1.29, 1.82) is 0 Å². The fourth-order valence-electron chi connectivity index (χ4n) is 2.91. The average Bonchev–Trinajstić information content (AvgIpc) is 3.17. The molecule has 1 atom stereocenters. The molecule has 2 aliphatic rings. The second kappa shape index (κ2) is 7.22. The van der Waals surface area contributed by atoms with Crippen LogP contribution < -0.4 is 5.32 Å². The summed E-state index contributed by atoms with van der Waals surface area (Å²) in [5.41, 5.74) is 0. The van der Waals surface area contributed by atoms with Gasteiger partial charge in [0.25, 0.3) is 0 Å². The van der Waals surface area contributed by atoms with Crippen LogP contribution in [0.15, 0.2) is 0 Å². The lowest BCUT2D eigenvalue weighted by Gasteiger charge is -2.43. The highest BCUT2D eigenvalue weighted by Gasteiger charge is 2.38. The third-order valence-corrected chi connectivity index (χ3v) is 4.45. The van der Waals surface area contributed by atoms with Gasteiger partial charge < -0.3 is 15.2 Å². The van der Waals surface area contributed by atoms with E-state index in [1.54, 1.807) is 7.11 Å². The molecule has 120 valence electrons. The number of hydrogen-bond acceptors (Lipinski definition) is 4. The van der Waals surface area contributed by atoms with E-state index < -0.39 is 5.97 Å². The minimum Gasteiger partial charge on any atom is -0.480 e. The molecule has 2 aliphatic carbocycles. The molecule has 0 saturated heterocycles. The van der Waals surface area contributed by atoms with Crippen LogP contribution in [0.2, 0.25) is 0 Å². The van der Waals surface area contributed by atoms with Crippen molar-refractivity contribution in [3.05, 3.63) is 0 Å². The summed E-state index contributed by atoms with van der Waals surface area (Å²) in [6.07, 6.45) is 4.39. The summed E-state index contributed by atoms with van der Waals surface area (Å²) in [5.74, 6) is -0.153. The number of amides is 1. The Labute approximate surface area is 125 Å². The van der Waals surface area contributed by atoms with Crippen molar-refractivity contribution in [2.45, 2.75) is 57.2 Å². The molecule has 2 fully saturated rings. The number of hydrogen-bond donors (Lipinski definition) is 2. The van der Waals surface area contributed by atoms with Gasteiger partial charge in [-0.2, -0.15) is 0 Å². The molecule has 0 aromatic carbocycles. The Hall–Kier alpha value is -1.14. The van der Waals surface area contributed by atoms with E-state index >= 15 is 0 Å². The van der Waals surface area contributed by atoms with Gasteiger partial charge in [-0.25, -0.2) is 0 Å². The van der Waals surface area contributed by atoms with E-state index in [1.807, 2.05) is 6.92 Å². The summed E-state index contributed by atoms with van der Waals surface area (Å²) in [6, 6.07) is 0.441. The number of rotatable bonds is 9. The highest BCUT2D eigenvalue weighted by molar-refractivity contribution is 5.81. The molecular formula is C15H26N2O4. The SMILES string of the molecule is CCC(OC)C(=O)NC1CC(N(CC(=O)O)CC2CC2)C1. The Morgan fingerprint density at radius 2 is 2.05 bits per heavy atom. The zero-order valence-corrected chi connectivity index (χ0v) is 12.9. The smallest absolute Gasteiger partial charge is 0.317 e. The minimum atomic E-state index is -0.770. The highest BCUT2D eigenvalue weighted by atomic mass is 16.5. The average molecular weight is 298 g/mol. The number of nitrogens with one attached hydrogen (secondary N) is 1. The molecule has 2 N–H and O–H groups in total. The number of carboxylic acid groups (broad SMARTS) is 1. The summed E-state index contributed by atoms with van der Waals surface area (Å²) in [5, 5.41) is 12.0. The number of methoxy groups -OCH3 is 1. The maximum Gasteiger partial charge on any atom is 0.317 e. The van der Waals surface area contributed by atoms with Gasteiger partial charge in [-0.1, -0.05) is 6.92 Å². The first kappa shape index (κ1) is 16.2. The van der Waals surface area contributed by atoms with Gasteiger partial charge >= 0.3 is 5.97 Å². The molecule has 0 heterocycles. The van der Waals surface area contributed by atoms with Crippen molar-refractivity contribution in [3.63, 3.8) is 0 Å². The molecule has 0 aromatic heterocycles. The van der Waals surface area contributed by atoms with Crippen molar-refractivity contribution < 1.29 is 19.4 Å². The van der Waals surface area contributed by atoms with Crippen LogP contribution in [0.4, 0.5) is 0 Å². The number of nitrogens with zero attached hydrogens (tertiary/aromatic N) is 1. The molecule has 1 unspecified atom stereocenters. The van der Waals surface area contributed by atoms with Gasteiger partial charge in [0.2, 0.25) is 5.91 Å². The third kappa shape index (κ3) is 4.68. The summed E-state index contributed by atoms with van der Waals surface area (Å²) in [4.78, 5) is 24.9. The zero-order chi connectivity index (χ0) is 15.4. The van der Waals surface area contributed by atoms with Crippen molar-refractivity contribution in [3.8, 4) is 0 Å². The van der Waals surface area contributed by atoms with Crippen LogP contribution in [0.25, 0.3) is 0 Å². The van der Waals surface area contributed by atoms with Gasteiger partial charge in [0.1, 0.15) is 6.10 Å². The van der Waals surface area contributed by atoms with Crippen LogP contribution in [0, 0.1) is 5.92 Å². The van der Waals surface area contributed by atoms with Crippen LogP contribution in [0.5, 0.6) is 0 Å². The van der Waals surface area contributed by atoms with Crippen LogP contribution >= 0.6 is 0 Å². The van der Waals surface area contributed by atoms with Crippen molar-refractivity contribution in [2.24, 2.45) is 5.92 Å². The summed E-state index contributed by atoms with van der Waals surface area (Å²) in [7, 11) is 1.54. The largest absolute Gasteiger partial charge is 0.480 e. The number of ether oxygens (including phenoxy) is 1. The fourth-order valence-corrected chi connectivity index (χ4v) is 2.91. The molecule has 0 aromatic rings. The fraction of sp³-hybridized carbons (Fsp3) is 0.867. The van der Waals surface area contributed by atoms with E-state index in [1.165, 1.54) is 12.8 Å². The maximum absolute atomic E-state index is 11.9. The van der Waals surface area contributed by atoms with Crippen molar-refractivity contribution in [1.82, 2.24) is 10.2 Å². The minimum absolute atomic E-state index is 0.0598. The van der Waals surface area contributed by atoms with Gasteiger partial charge in [0.15, 0.2) is 0 Å². The Balaban J connectivity index is 1.75. The van der Waals surface area contributed by atoms with Crippen molar-refractivity contribution >= 4 is 11.9 Å². The summed E-state index contributed by atoms with van der Waals surface area (Å²) < 4.78 is 5.12. The third-order valence-electron chi connectivity index (χ3n) is 4.45. The Bertz CT molecular complexity index is 374. The number of carbonyl (C=O) groups excluding carboxylic acids is 1. The van der Waals surface area contributed by atoms with E-state index in [4.69, 9.17) is 9.84 Å². The lowest BCUT2D eigenvalue weighted by Crippen LogP contribution is -2.56. The molecule has 6 heteroatoms. The second-order valence-electron chi connectivity index (χ2n) is 6.23. The van der Waals surface area contributed by atoms with E-state index in [2.05, 4.69) is 10.2 Å². The maximum atomic E-state index is 11.9. The molecule has 1 amide bonds. The lowest BCUT2D eigenvalue weighted by atomic mass is 9.85. The quantitative estimate of drug-likeness (QED) is 0.660. The molecule has 0 bridgehead atoms. The number of aliphatic carboxylic acids is 1. The summed E-state index contributed by atoms with van der Waals surface area (Å²) in [6.45, 7) is 2.91. The van der Waals surface area contributed by atoms with Crippen LogP contribution in [-0.4, -0.2) is 60.3 Å². The normalized spacial score (nSPS) is 26.2. The van der Waals surface area contributed by atoms with Gasteiger partial charge in [-0.05, 0) is 38.0 Å². The molecule has 2 rings (SSSR count). The Kier molecular flexibility index (Phi) is 5.58. The van der Waals surface area contributed by atoms with E-state index in [-0.39, 0.29) is 30.6 Å². The van der Waals surface area contributed by atoms with Crippen LogP contribution in [0.1, 0.15) is 39.0 Å². The molecule has 6 nitrogen and oxygen atoms in total. The first-order valence-corrected chi connectivity index (χ1v) is 7.82. The first-order valence-electron chi connectivity index (χ1n) is 7.82. The first-order chi connectivity index (χ1) is 10.0. The second-order valence-corrected chi connectivity index (χ2v) is 6.23. The topological polar surface area (TPSA) is 78.9 Å². The lowest BCUT2D eigenvalue weighted by molar-refractivity contribution is -0.140. The van der Waals surface area contributed by atoms with Gasteiger partial charge in [-0.15, -0.1) is 0 Å². The van der Waals surface area contributed by atoms with E-state index in [9.17, 15) is 9.59 Å². The van der Waals surface area contributed by atoms with Gasteiger partial charge in [-0.3, -0.25) is 14.5 Å². The Morgan fingerprint density at radius 1 is 1.38 bits per heavy atom. The van der Waals surface area contributed by atoms with E-state index in [0.717, 1.165) is 19.4 Å². The molecule has 2 saturated carbocycles. The van der Waals surface area contributed by atoms with Gasteiger partial charge in [0, 0.05) is 25.7 Å². The monoisotopic (exact) mass is 298 g/mol. The molecule has 21 heavy (non-hydrogen) atoms. The van der Waals surface area contributed by atoms with Gasteiger partial charge in [0.05, 0.1) is 6.54 Å². The molecule has 0 radical (unpaired) electrons. The predicted octanol–water partition coefficient (Wildman–Crippen LogP) is 0.855. The molecular weight excluding hydrogens is 272 g/mol. The zero-order valence-electron chi connectivity index (χ0n) is 12.9.